The Bertz CT molecular complexity index is 737. The Hall–Kier alpha value is -2.90. The number of nitrogens with one attached hydrogen (secondary N) is 1. The van der Waals surface area contributed by atoms with Gasteiger partial charge in [-0.3, -0.25) is 0 Å². The highest BCUT2D eigenvalue weighted by Gasteiger charge is 2.23. The molecule has 7 nitrogen and oxygen atoms in total. The number of hydrogen-bond donors (Lipinski definition) is 1. The fraction of sp³-hybridized carbons (Fsp3) is 0.364. The zero-order chi connectivity index (χ0) is 20.9. The van der Waals surface area contributed by atoms with Crippen molar-refractivity contribution < 1.29 is 28.5 Å². The van der Waals surface area contributed by atoms with E-state index in [2.05, 4.69) is 5.32 Å². The van der Waals surface area contributed by atoms with Gasteiger partial charge >= 0.3 is 12.1 Å². The van der Waals surface area contributed by atoms with E-state index in [0.29, 0.717) is 6.61 Å². The summed E-state index contributed by atoms with van der Waals surface area (Å²) in [4.78, 5) is 23.9. The molecule has 2 atom stereocenters. The van der Waals surface area contributed by atoms with Crippen LogP contribution in [-0.2, 0) is 37.0 Å². The number of carbonyl (C=O) groups is 2. The minimum absolute atomic E-state index is 0.0495. The largest absolute Gasteiger partial charge is 0.467 e. The molecule has 0 bridgehead atoms. The lowest BCUT2D eigenvalue weighted by atomic mass is 10.2. The summed E-state index contributed by atoms with van der Waals surface area (Å²) < 4.78 is 21.1. The predicted molar refractivity (Wildman–Crippen MR) is 107 cm³/mol. The molecule has 0 aliphatic rings. The molecule has 0 aliphatic heterocycles. The SMILES string of the molecule is COC(=O)C(COCC(C)OCc1ccccc1)NC(=O)OCc1ccccc1. The second-order valence-corrected chi connectivity index (χ2v) is 6.43. The summed E-state index contributed by atoms with van der Waals surface area (Å²) in [6.45, 7) is 2.66. The van der Waals surface area contributed by atoms with Crippen molar-refractivity contribution in [3.8, 4) is 0 Å². The fourth-order valence-corrected chi connectivity index (χ4v) is 2.43. The van der Waals surface area contributed by atoms with Crippen LogP contribution in [-0.4, -0.2) is 44.5 Å². The second-order valence-electron chi connectivity index (χ2n) is 6.43. The summed E-state index contributed by atoms with van der Waals surface area (Å²) in [5.74, 6) is -0.612. The van der Waals surface area contributed by atoms with Crippen molar-refractivity contribution in [1.82, 2.24) is 5.32 Å². The second kappa shape index (κ2) is 12.5. The lowest BCUT2D eigenvalue weighted by Crippen LogP contribution is -2.45. The molecule has 0 saturated heterocycles. The standard InChI is InChI=1S/C22H27NO6/c1-17(28-14-18-9-5-3-6-10-18)13-27-16-20(21(24)26-2)23-22(25)29-15-19-11-7-4-8-12-19/h3-12,17,20H,13-16H2,1-2H3,(H,23,25). The van der Waals surface area contributed by atoms with Crippen LogP contribution in [0.1, 0.15) is 18.1 Å². The highest BCUT2D eigenvalue weighted by molar-refractivity contribution is 5.81. The van der Waals surface area contributed by atoms with Crippen molar-refractivity contribution in [3.63, 3.8) is 0 Å². The van der Waals surface area contributed by atoms with E-state index in [0.717, 1.165) is 11.1 Å². The molecule has 2 unspecified atom stereocenters. The Morgan fingerprint density at radius 2 is 1.48 bits per heavy atom. The maximum atomic E-state index is 12.0. The van der Waals surface area contributed by atoms with Crippen LogP contribution in [0, 0.1) is 0 Å². The Kier molecular flexibility index (Phi) is 9.68. The number of hydrogen-bond acceptors (Lipinski definition) is 6. The van der Waals surface area contributed by atoms with E-state index >= 15 is 0 Å². The van der Waals surface area contributed by atoms with Crippen LogP contribution in [0.3, 0.4) is 0 Å². The highest BCUT2D eigenvalue weighted by Crippen LogP contribution is 2.05. The van der Waals surface area contributed by atoms with Crippen LogP contribution >= 0.6 is 0 Å². The van der Waals surface area contributed by atoms with Gasteiger partial charge in [-0.2, -0.15) is 0 Å². The molecule has 0 saturated carbocycles. The van der Waals surface area contributed by atoms with Gasteiger partial charge in [-0.1, -0.05) is 60.7 Å². The molecule has 0 fully saturated rings. The Labute approximate surface area is 170 Å². The summed E-state index contributed by atoms with van der Waals surface area (Å²) in [5.41, 5.74) is 1.91. The van der Waals surface area contributed by atoms with E-state index in [-0.39, 0.29) is 25.9 Å². The first-order valence-corrected chi connectivity index (χ1v) is 9.36. The maximum absolute atomic E-state index is 12.0. The van der Waals surface area contributed by atoms with Gasteiger partial charge in [0.05, 0.1) is 33.0 Å². The van der Waals surface area contributed by atoms with Crippen molar-refractivity contribution in [2.75, 3.05) is 20.3 Å². The van der Waals surface area contributed by atoms with Gasteiger partial charge in [0.2, 0.25) is 0 Å². The molecular formula is C22H27NO6. The van der Waals surface area contributed by atoms with Gasteiger partial charge in [-0.05, 0) is 18.1 Å². The number of benzene rings is 2. The summed E-state index contributed by atoms with van der Waals surface area (Å²) in [7, 11) is 1.25. The Morgan fingerprint density at radius 3 is 2.07 bits per heavy atom. The number of carbonyl (C=O) groups excluding carboxylic acids is 2. The van der Waals surface area contributed by atoms with E-state index in [4.69, 9.17) is 18.9 Å². The van der Waals surface area contributed by atoms with Gasteiger partial charge < -0.3 is 24.3 Å². The summed E-state index contributed by atoms with van der Waals surface area (Å²) in [6, 6.07) is 18.1. The average Bonchev–Trinajstić information content (AvgIpc) is 2.76. The average molecular weight is 401 g/mol. The quantitative estimate of drug-likeness (QED) is 0.583. The van der Waals surface area contributed by atoms with Gasteiger partial charge in [0.25, 0.3) is 0 Å². The van der Waals surface area contributed by atoms with Gasteiger partial charge in [-0.25, -0.2) is 9.59 Å². The van der Waals surface area contributed by atoms with Crippen molar-refractivity contribution >= 4 is 12.1 Å². The highest BCUT2D eigenvalue weighted by atomic mass is 16.6. The summed E-state index contributed by atoms with van der Waals surface area (Å²) in [5, 5.41) is 2.47. The first kappa shape index (κ1) is 22.4. The molecule has 2 rings (SSSR count). The number of alkyl carbamates (subject to hydrolysis) is 1. The first-order chi connectivity index (χ1) is 14.1. The minimum Gasteiger partial charge on any atom is -0.467 e. The molecule has 156 valence electrons. The monoisotopic (exact) mass is 401 g/mol. The molecule has 0 radical (unpaired) electrons. The zero-order valence-electron chi connectivity index (χ0n) is 16.7. The number of amides is 1. The number of rotatable bonds is 11. The van der Waals surface area contributed by atoms with Gasteiger partial charge in [-0.15, -0.1) is 0 Å². The van der Waals surface area contributed by atoms with Gasteiger partial charge in [0, 0.05) is 0 Å². The van der Waals surface area contributed by atoms with E-state index < -0.39 is 18.1 Å². The van der Waals surface area contributed by atoms with E-state index in [1.165, 1.54) is 7.11 Å². The Balaban J connectivity index is 1.71. The van der Waals surface area contributed by atoms with Crippen LogP contribution in [0.15, 0.2) is 60.7 Å². The summed E-state index contributed by atoms with van der Waals surface area (Å²) in [6.07, 6.45) is -0.903. The van der Waals surface area contributed by atoms with Crippen LogP contribution < -0.4 is 5.32 Å². The lowest BCUT2D eigenvalue weighted by Gasteiger charge is -2.18. The van der Waals surface area contributed by atoms with Crippen molar-refractivity contribution in [2.45, 2.75) is 32.3 Å². The number of ether oxygens (including phenoxy) is 4. The third-order valence-electron chi connectivity index (χ3n) is 4.00. The third kappa shape index (κ3) is 8.76. The smallest absolute Gasteiger partial charge is 0.408 e. The molecule has 1 N–H and O–H groups in total. The number of methoxy groups -OCH3 is 1. The molecular weight excluding hydrogens is 374 g/mol. The molecule has 7 heteroatoms. The third-order valence-corrected chi connectivity index (χ3v) is 4.00. The van der Waals surface area contributed by atoms with Crippen LogP contribution in [0.2, 0.25) is 0 Å². The summed E-state index contributed by atoms with van der Waals surface area (Å²) >= 11 is 0. The topological polar surface area (TPSA) is 83.1 Å². The normalized spacial score (nSPS) is 12.6. The van der Waals surface area contributed by atoms with Crippen molar-refractivity contribution in [1.29, 1.82) is 0 Å². The first-order valence-electron chi connectivity index (χ1n) is 9.36. The minimum atomic E-state index is -0.968. The van der Waals surface area contributed by atoms with Gasteiger partial charge in [0.15, 0.2) is 6.04 Å². The molecule has 0 aliphatic carbocycles. The zero-order valence-corrected chi connectivity index (χ0v) is 16.7. The fourth-order valence-electron chi connectivity index (χ4n) is 2.43. The molecule has 0 heterocycles. The van der Waals surface area contributed by atoms with Crippen molar-refractivity contribution in [2.24, 2.45) is 0 Å². The van der Waals surface area contributed by atoms with E-state index in [1.54, 1.807) is 0 Å². The van der Waals surface area contributed by atoms with Gasteiger partial charge in [0.1, 0.15) is 6.61 Å². The lowest BCUT2D eigenvalue weighted by molar-refractivity contribution is -0.145. The van der Waals surface area contributed by atoms with E-state index in [1.807, 2.05) is 67.6 Å². The van der Waals surface area contributed by atoms with E-state index in [9.17, 15) is 9.59 Å². The molecule has 0 aromatic heterocycles. The Morgan fingerprint density at radius 1 is 0.897 bits per heavy atom. The molecule has 1 amide bonds. The molecule has 2 aromatic rings. The van der Waals surface area contributed by atoms with Crippen LogP contribution in [0.5, 0.6) is 0 Å². The molecule has 29 heavy (non-hydrogen) atoms. The molecule has 0 spiro atoms. The van der Waals surface area contributed by atoms with Crippen molar-refractivity contribution in [3.05, 3.63) is 71.8 Å². The van der Waals surface area contributed by atoms with Crippen LogP contribution in [0.4, 0.5) is 4.79 Å². The predicted octanol–water partition coefficient (Wildman–Crippen LogP) is 3.08. The maximum Gasteiger partial charge on any atom is 0.408 e. The van der Waals surface area contributed by atoms with Crippen LogP contribution in [0.25, 0.3) is 0 Å². The molecule has 2 aromatic carbocycles. The number of esters is 1.